The SMILES string of the molecule is COC(=O)c1ccc(C)c(Nc2nnn(-c3ccccc3)n2)c1. The molecule has 3 aromatic rings. The van der Waals surface area contributed by atoms with Crippen LogP contribution in [-0.4, -0.2) is 33.3 Å². The zero-order valence-electron chi connectivity index (χ0n) is 12.7. The van der Waals surface area contributed by atoms with E-state index in [0.717, 1.165) is 16.9 Å². The van der Waals surface area contributed by atoms with Gasteiger partial charge in [-0.15, -0.1) is 9.90 Å². The summed E-state index contributed by atoms with van der Waals surface area (Å²) in [5.41, 5.74) is 2.94. The smallest absolute Gasteiger partial charge is 0.337 e. The second kappa shape index (κ2) is 6.27. The molecule has 0 aliphatic carbocycles. The van der Waals surface area contributed by atoms with E-state index in [0.29, 0.717) is 11.5 Å². The van der Waals surface area contributed by atoms with Crippen molar-refractivity contribution in [3.8, 4) is 5.69 Å². The van der Waals surface area contributed by atoms with Crippen LogP contribution in [0.5, 0.6) is 0 Å². The van der Waals surface area contributed by atoms with E-state index in [1.165, 1.54) is 11.9 Å². The topological polar surface area (TPSA) is 81.9 Å². The number of ether oxygens (including phenoxy) is 1. The summed E-state index contributed by atoms with van der Waals surface area (Å²) in [5.74, 6) is -0.0482. The molecule has 7 nitrogen and oxygen atoms in total. The molecule has 0 saturated carbocycles. The number of methoxy groups -OCH3 is 1. The van der Waals surface area contributed by atoms with E-state index in [2.05, 4.69) is 20.7 Å². The molecular weight excluding hydrogens is 294 g/mol. The van der Waals surface area contributed by atoms with Crippen molar-refractivity contribution in [3.05, 3.63) is 59.7 Å². The molecule has 1 heterocycles. The van der Waals surface area contributed by atoms with Crippen molar-refractivity contribution in [3.63, 3.8) is 0 Å². The van der Waals surface area contributed by atoms with Crippen LogP contribution in [0.2, 0.25) is 0 Å². The van der Waals surface area contributed by atoms with Crippen molar-refractivity contribution in [2.24, 2.45) is 0 Å². The number of aromatic nitrogens is 4. The van der Waals surface area contributed by atoms with Gasteiger partial charge in [0, 0.05) is 5.69 Å². The van der Waals surface area contributed by atoms with Gasteiger partial charge in [0.15, 0.2) is 0 Å². The Hall–Kier alpha value is -3.22. The zero-order valence-corrected chi connectivity index (χ0v) is 12.7. The van der Waals surface area contributed by atoms with Gasteiger partial charge in [-0.2, -0.15) is 0 Å². The fraction of sp³-hybridized carbons (Fsp3) is 0.125. The quantitative estimate of drug-likeness (QED) is 0.746. The van der Waals surface area contributed by atoms with E-state index >= 15 is 0 Å². The maximum atomic E-state index is 11.6. The minimum absolute atomic E-state index is 0.346. The van der Waals surface area contributed by atoms with Crippen LogP contribution in [0.1, 0.15) is 15.9 Å². The van der Waals surface area contributed by atoms with Gasteiger partial charge >= 0.3 is 5.97 Å². The lowest BCUT2D eigenvalue weighted by atomic mass is 10.1. The Labute approximate surface area is 132 Å². The van der Waals surface area contributed by atoms with Crippen LogP contribution < -0.4 is 5.32 Å². The second-order valence-corrected chi connectivity index (χ2v) is 4.88. The highest BCUT2D eigenvalue weighted by Gasteiger charge is 2.10. The number of anilines is 2. The van der Waals surface area contributed by atoms with Crippen LogP contribution in [0.3, 0.4) is 0 Å². The monoisotopic (exact) mass is 309 g/mol. The zero-order chi connectivity index (χ0) is 16.2. The molecule has 0 unspecified atom stereocenters. The molecule has 0 fully saturated rings. The standard InChI is InChI=1S/C16H15N5O2/c1-11-8-9-12(15(22)23-2)10-14(11)17-16-18-20-21(19-16)13-6-4-3-5-7-13/h3-10H,1-2H3,(H,17,19). The van der Waals surface area contributed by atoms with E-state index in [4.69, 9.17) is 4.74 Å². The lowest BCUT2D eigenvalue weighted by molar-refractivity contribution is 0.0601. The first kappa shape index (κ1) is 14.7. The number of rotatable bonds is 4. The molecular formula is C16H15N5O2. The fourth-order valence-corrected chi connectivity index (χ4v) is 2.06. The van der Waals surface area contributed by atoms with Crippen LogP contribution in [0.25, 0.3) is 5.69 Å². The van der Waals surface area contributed by atoms with Gasteiger partial charge in [-0.3, -0.25) is 0 Å². The van der Waals surface area contributed by atoms with Crippen LogP contribution in [0.15, 0.2) is 48.5 Å². The third-order valence-corrected chi connectivity index (χ3v) is 3.31. The largest absolute Gasteiger partial charge is 0.465 e. The predicted molar refractivity (Wildman–Crippen MR) is 85.0 cm³/mol. The Balaban J connectivity index is 1.85. The molecule has 0 radical (unpaired) electrons. The number of hydrogen-bond donors (Lipinski definition) is 1. The molecule has 3 rings (SSSR count). The van der Waals surface area contributed by atoms with Gasteiger partial charge in [-0.25, -0.2) is 4.79 Å². The molecule has 116 valence electrons. The van der Waals surface area contributed by atoms with Crippen molar-refractivity contribution < 1.29 is 9.53 Å². The highest BCUT2D eigenvalue weighted by molar-refractivity contribution is 5.91. The van der Waals surface area contributed by atoms with Gasteiger partial charge in [-0.1, -0.05) is 29.4 Å². The molecule has 0 aliphatic heterocycles. The summed E-state index contributed by atoms with van der Waals surface area (Å²) in [6.45, 7) is 1.92. The summed E-state index contributed by atoms with van der Waals surface area (Å²) in [4.78, 5) is 13.1. The Bertz CT molecular complexity index is 829. The molecule has 0 saturated heterocycles. The van der Waals surface area contributed by atoms with Crippen molar-refractivity contribution in [2.45, 2.75) is 6.92 Å². The van der Waals surface area contributed by atoms with Gasteiger partial charge in [0.05, 0.1) is 18.4 Å². The van der Waals surface area contributed by atoms with Gasteiger partial charge < -0.3 is 10.1 Å². The summed E-state index contributed by atoms with van der Waals surface area (Å²) >= 11 is 0. The van der Waals surface area contributed by atoms with Crippen LogP contribution in [0, 0.1) is 6.92 Å². The fourth-order valence-electron chi connectivity index (χ4n) is 2.06. The first-order chi connectivity index (χ1) is 11.2. The Morgan fingerprint density at radius 1 is 1.17 bits per heavy atom. The highest BCUT2D eigenvalue weighted by Crippen LogP contribution is 2.20. The molecule has 7 heteroatoms. The Morgan fingerprint density at radius 3 is 2.70 bits per heavy atom. The Kier molecular flexibility index (Phi) is 4.01. The number of carbonyl (C=O) groups is 1. The molecule has 2 aromatic carbocycles. The first-order valence-electron chi connectivity index (χ1n) is 6.99. The van der Waals surface area contributed by atoms with E-state index in [9.17, 15) is 4.79 Å². The number of benzene rings is 2. The van der Waals surface area contributed by atoms with Crippen LogP contribution >= 0.6 is 0 Å². The Morgan fingerprint density at radius 2 is 1.96 bits per heavy atom. The molecule has 1 N–H and O–H groups in total. The average Bonchev–Trinajstić information content (AvgIpc) is 3.05. The lowest BCUT2D eigenvalue weighted by Gasteiger charge is -2.07. The molecule has 1 aromatic heterocycles. The van der Waals surface area contributed by atoms with E-state index in [1.54, 1.807) is 12.1 Å². The summed E-state index contributed by atoms with van der Waals surface area (Å²) in [6.07, 6.45) is 0. The minimum atomic E-state index is -0.394. The van der Waals surface area contributed by atoms with Gasteiger partial charge in [0.25, 0.3) is 5.95 Å². The van der Waals surface area contributed by atoms with E-state index in [1.807, 2.05) is 43.3 Å². The summed E-state index contributed by atoms with van der Waals surface area (Å²) in [7, 11) is 1.35. The molecule has 0 atom stereocenters. The van der Waals surface area contributed by atoms with Crippen LogP contribution in [-0.2, 0) is 4.74 Å². The number of aryl methyl sites for hydroxylation is 1. The molecule has 0 amide bonds. The maximum absolute atomic E-state index is 11.6. The first-order valence-corrected chi connectivity index (χ1v) is 6.99. The number of nitrogens with zero attached hydrogens (tertiary/aromatic N) is 4. The summed E-state index contributed by atoms with van der Waals surface area (Å²) < 4.78 is 4.73. The van der Waals surface area contributed by atoms with Gasteiger partial charge in [-0.05, 0) is 42.0 Å². The number of tetrazole rings is 1. The minimum Gasteiger partial charge on any atom is -0.465 e. The van der Waals surface area contributed by atoms with E-state index in [-0.39, 0.29) is 0 Å². The van der Waals surface area contributed by atoms with Gasteiger partial charge in [0.1, 0.15) is 0 Å². The van der Waals surface area contributed by atoms with Crippen molar-refractivity contribution in [1.82, 2.24) is 20.2 Å². The lowest BCUT2D eigenvalue weighted by Crippen LogP contribution is -2.04. The van der Waals surface area contributed by atoms with Crippen molar-refractivity contribution in [2.75, 3.05) is 12.4 Å². The molecule has 23 heavy (non-hydrogen) atoms. The number of esters is 1. The molecule has 0 bridgehead atoms. The number of para-hydroxylation sites is 1. The molecule has 0 spiro atoms. The summed E-state index contributed by atoms with van der Waals surface area (Å²) in [5, 5.41) is 15.3. The number of carbonyl (C=O) groups excluding carboxylic acids is 1. The third-order valence-electron chi connectivity index (χ3n) is 3.31. The van der Waals surface area contributed by atoms with Crippen molar-refractivity contribution in [1.29, 1.82) is 0 Å². The maximum Gasteiger partial charge on any atom is 0.337 e. The van der Waals surface area contributed by atoms with E-state index < -0.39 is 5.97 Å². The normalized spacial score (nSPS) is 10.3. The van der Waals surface area contributed by atoms with Crippen LogP contribution in [0.4, 0.5) is 11.6 Å². The van der Waals surface area contributed by atoms with Gasteiger partial charge in [0.2, 0.25) is 0 Å². The molecule has 0 aliphatic rings. The highest BCUT2D eigenvalue weighted by atomic mass is 16.5. The number of nitrogens with one attached hydrogen (secondary N) is 1. The third kappa shape index (κ3) is 3.18. The number of hydrogen-bond acceptors (Lipinski definition) is 6. The van der Waals surface area contributed by atoms with Crippen molar-refractivity contribution >= 4 is 17.6 Å². The second-order valence-electron chi connectivity index (χ2n) is 4.88. The summed E-state index contributed by atoms with van der Waals surface area (Å²) in [6, 6.07) is 14.7. The average molecular weight is 309 g/mol. The predicted octanol–water partition coefficient (Wildman–Crippen LogP) is 2.50.